The molecule has 0 saturated carbocycles. The van der Waals surface area contributed by atoms with E-state index >= 15 is 0 Å². The summed E-state index contributed by atoms with van der Waals surface area (Å²) >= 11 is 2.20. The van der Waals surface area contributed by atoms with Crippen molar-refractivity contribution in [3.63, 3.8) is 0 Å². The molecular weight excluding hydrogens is 585 g/mol. The van der Waals surface area contributed by atoms with Crippen molar-refractivity contribution < 1.29 is 28.5 Å². The van der Waals surface area contributed by atoms with Gasteiger partial charge in [-0.2, -0.15) is 0 Å². The number of aliphatic imine (C=N–C) groups is 1. The van der Waals surface area contributed by atoms with E-state index in [1.807, 2.05) is 24.3 Å². The third-order valence-electron chi connectivity index (χ3n) is 5.24. The van der Waals surface area contributed by atoms with Crippen molar-refractivity contribution in [2.75, 3.05) is 14.2 Å². The number of hydrogen-bond acceptors (Lipinski definition) is 7. The van der Waals surface area contributed by atoms with Gasteiger partial charge < -0.3 is 18.9 Å². The summed E-state index contributed by atoms with van der Waals surface area (Å²) in [6.07, 6.45) is 1.60. The fourth-order valence-corrected chi connectivity index (χ4v) is 3.77. The molecule has 0 aliphatic heterocycles. The first-order valence-corrected chi connectivity index (χ1v) is 12.2. The maximum Gasteiger partial charge on any atom is 0.343 e. The topological polar surface area (TPSA) is 83.4 Å². The van der Waals surface area contributed by atoms with Crippen LogP contribution in [0.5, 0.6) is 23.0 Å². The first-order valence-electron chi connectivity index (χ1n) is 11.1. The molecule has 0 amide bonds. The molecule has 0 atom stereocenters. The highest BCUT2D eigenvalue weighted by Crippen LogP contribution is 2.28. The predicted molar refractivity (Wildman–Crippen MR) is 149 cm³/mol. The van der Waals surface area contributed by atoms with Gasteiger partial charge >= 0.3 is 11.9 Å². The zero-order valence-electron chi connectivity index (χ0n) is 20.0. The molecule has 4 rings (SSSR count). The summed E-state index contributed by atoms with van der Waals surface area (Å²) in [6, 6.07) is 25.5. The molecule has 7 nitrogen and oxygen atoms in total. The minimum atomic E-state index is -0.578. The largest absolute Gasteiger partial charge is 0.497 e. The number of methoxy groups -OCH3 is 2. The molecule has 186 valence electrons. The molecule has 4 aromatic carbocycles. The van der Waals surface area contributed by atoms with Crippen molar-refractivity contribution in [3.8, 4) is 23.0 Å². The van der Waals surface area contributed by atoms with E-state index in [-0.39, 0.29) is 11.5 Å². The fraction of sp³-hybridized carbons (Fsp3) is 0.0690. The number of rotatable bonds is 8. The molecule has 0 aromatic heterocycles. The van der Waals surface area contributed by atoms with Crippen LogP contribution in [0, 0.1) is 3.57 Å². The number of esters is 2. The van der Waals surface area contributed by atoms with Crippen LogP contribution in [-0.2, 0) is 0 Å². The van der Waals surface area contributed by atoms with Gasteiger partial charge in [-0.15, -0.1) is 0 Å². The Labute approximate surface area is 227 Å². The molecule has 0 saturated heterocycles. The number of hydrogen-bond donors (Lipinski definition) is 0. The molecule has 8 heteroatoms. The lowest BCUT2D eigenvalue weighted by molar-refractivity contribution is 0.0732. The van der Waals surface area contributed by atoms with Gasteiger partial charge in [-0.3, -0.25) is 4.99 Å². The third-order valence-corrected chi connectivity index (χ3v) is 6.16. The van der Waals surface area contributed by atoms with Crippen LogP contribution < -0.4 is 18.9 Å². The van der Waals surface area contributed by atoms with E-state index in [4.69, 9.17) is 18.9 Å². The SMILES string of the molecule is COc1ccc(C(=O)Oc2ccc(C=Nc3ccccc3I)c(OC(=O)c3ccc(OC)cc3)c2)cc1. The van der Waals surface area contributed by atoms with E-state index in [2.05, 4.69) is 27.6 Å². The van der Waals surface area contributed by atoms with Crippen LogP contribution in [0.2, 0.25) is 0 Å². The minimum absolute atomic E-state index is 0.190. The highest BCUT2D eigenvalue weighted by molar-refractivity contribution is 14.1. The average Bonchev–Trinajstić information content (AvgIpc) is 2.93. The summed E-state index contributed by atoms with van der Waals surface area (Å²) in [5, 5.41) is 0. The second-order valence-electron chi connectivity index (χ2n) is 7.65. The minimum Gasteiger partial charge on any atom is -0.497 e. The molecule has 0 radical (unpaired) electrons. The monoisotopic (exact) mass is 607 g/mol. The lowest BCUT2D eigenvalue weighted by Crippen LogP contribution is -2.11. The summed E-state index contributed by atoms with van der Waals surface area (Å²) in [6.45, 7) is 0. The molecule has 0 aliphatic carbocycles. The number of benzene rings is 4. The van der Waals surface area contributed by atoms with Crippen LogP contribution in [0.1, 0.15) is 26.3 Å². The van der Waals surface area contributed by atoms with E-state index < -0.39 is 11.9 Å². The maximum atomic E-state index is 12.9. The smallest absolute Gasteiger partial charge is 0.343 e. The third kappa shape index (κ3) is 6.73. The molecular formula is C29H22INO6. The Balaban J connectivity index is 1.62. The molecule has 0 N–H and O–H groups in total. The van der Waals surface area contributed by atoms with Gasteiger partial charge in [0.1, 0.15) is 23.0 Å². The Bertz CT molecular complexity index is 1430. The van der Waals surface area contributed by atoms with Crippen LogP contribution in [0.3, 0.4) is 0 Å². The van der Waals surface area contributed by atoms with Gasteiger partial charge in [0.05, 0.1) is 31.0 Å². The van der Waals surface area contributed by atoms with Crippen LogP contribution in [0.15, 0.2) is 96.0 Å². The number of para-hydroxylation sites is 1. The van der Waals surface area contributed by atoms with Crippen molar-refractivity contribution in [1.29, 1.82) is 0 Å². The summed E-state index contributed by atoms with van der Waals surface area (Å²) in [5.74, 6) is 0.510. The van der Waals surface area contributed by atoms with Gasteiger partial charge in [-0.05, 0) is 95.4 Å². The van der Waals surface area contributed by atoms with Crippen molar-refractivity contribution in [2.45, 2.75) is 0 Å². The summed E-state index contributed by atoms with van der Waals surface area (Å²) < 4.78 is 22.5. The number of carbonyl (C=O) groups excluding carboxylic acids is 2. The van der Waals surface area contributed by atoms with Gasteiger partial charge in [0, 0.05) is 21.4 Å². The maximum absolute atomic E-state index is 12.9. The van der Waals surface area contributed by atoms with E-state index in [0.717, 1.165) is 9.26 Å². The van der Waals surface area contributed by atoms with Gasteiger partial charge in [0.25, 0.3) is 0 Å². The first kappa shape index (κ1) is 25.9. The number of nitrogens with zero attached hydrogens (tertiary/aromatic N) is 1. The van der Waals surface area contributed by atoms with Crippen molar-refractivity contribution in [2.24, 2.45) is 4.99 Å². The molecule has 0 fully saturated rings. The Morgan fingerprint density at radius 2 is 1.24 bits per heavy atom. The van der Waals surface area contributed by atoms with E-state index in [0.29, 0.717) is 28.2 Å². The van der Waals surface area contributed by atoms with E-state index in [1.165, 1.54) is 6.07 Å². The quantitative estimate of drug-likeness (QED) is 0.0985. The second kappa shape index (κ2) is 12.2. The average molecular weight is 607 g/mol. The van der Waals surface area contributed by atoms with Gasteiger partial charge in [0.2, 0.25) is 0 Å². The molecule has 4 aromatic rings. The Hall–Kier alpha value is -4.18. The van der Waals surface area contributed by atoms with Crippen molar-refractivity contribution in [1.82, 2.24) is 0 Å². The predicted octanol–water partition coefficient (Wildman–Crippen LogP) is 6.50. The second-order valence-corrected chi connectivity index (χ2v) is 8.81. The van der Waals surface area contributed by atoms with Crippen LogP contribution in [0.4, 0.5) is 5.69 Å². The van der Waals surface area contributed by atoms with E-state index in [9.17, 15) is 9.59 Å². The Morgan fingerprint density at radius 1 is 0.703 bits per heavy atom. The summed E-state index contributed by atoms with van der Waals surface area (Å²) in [5.41, 5.74) is 1.99. The highest BCUT2D eigenvalue weighted by Gasteiger charge is 2.15. The van der Waals surface area contributed by atoms with Crippen LogP contribution in [-0.4, -0.2) is 32.4 Å². The number of carbonyl (C=O) groups is 2. The Kier molecular flexibility index (Phi) is 8.52. The van der Waals surface area contributed by atoms with Gasteiger partial charge in [-0.1, -0.05) is 12.1 Å². The zero-order chi connectivity index (χ0) is 26.2. The van der Waals surface area contributed by atoms with E-state index in [1.54, 1.807) is 81.1 Å². The molecule has 0 unspecified atom stereocenters. The number of ether oxygens (including phenoxy) is 4. The molecule has 0 spiro atoms. The highest BCUT2D eigenvalue weighted by atomic mass is 127. The van der Waals surface area contributed by atoms with Crippen LogP contribution in [0.25, 0.3) is 0 Å². The van der Waals surface area contributed by atoms with Crippen molar-refractivity contribution in [3.05, 3.63) is 111 Å². The lowest BCUT2D eigenvalue weighted by atomic mass is 10.2. The molecule has 0 aliphatic rings. The summed E-state index contributed by atoms with van der Waals surface area (Å²) in [7, 11) is 3.09. The normalized spacial score (nSPS) is 10.7. The fourth-order valence-electron chi connectivity index (χ4n) is 3.25. The molecule has 0 bridgehead atoms. The van der Waals surface area contributed by atoms with Crippen LogP contribution >= 0.6 is 22.6 Å². The van der Waals surface area contributed by atoms with Gasteiger partial charge in [0.15, 0.2) is 0 Å². The zero-order valence-corrected chi connectivity index (χ0v) is 22.2. The standard InChI is InChI=1S/C29H22INO6/c1-34-22-12-7-19(8-13-22)28(32)36-24-16-11-21(18-31-26-6-4-3-5-25(26)30)27(17-24)37-29(33)20-9-14-23(35-2)15-10-20/h3-18H,1-2H3. The summed E-state index contributed by atoms with van der Waals surface area (Å²) in [4.78, 5) is 30.1. The Morgan fingerprint density at radius 3 is 1.81 bits per heavy atom. The molecule has 0 heterocycles. The lowest BCUT2D eigenvalue weighted by Gasteiger charge is -2.11. The van der Waals surface area contributed by atoms with Gasteiger partial charge in [-0.25, -0.2) is 9.59 Å². The van der Waals surface area contributed by atoms with Crippen molar-refractivity contribution >= 4 is 46.4 Å². The first-order chi connectivity index (χ1) is 18.0. The molecule has 37 heavy (non-hydrogen) atoms. The number of halogens is 1.